The van der Waals surface area contributed by atoms with Crippen molar-refractivity contribution in [2.75, 3.05) is 5.75 Å². The summed E-state index contributed by atoms with van der Waals surface area (Å²) >= 11 is 0. The SMILES string of the molecule is Cc1c(CS(=O)(=O)CC(=O)N[C@H]2CCCC[C@H]2C)cccc1[N+](=O)[O-]. The molecule has 2 atom stereocenters. The molecule has 2 rings (SSSR count). The van der Waals surface area contributed by atoms with Crippen molar-refractivity contribution in [3.63, 3.8) is 0 Å². The number of hydrogen-bond donors (Lipinski definition) is 1. The van der Waals surface area contributed by atoms with Crippen LogP contribution in [0.15, 0.2) is 18.2 Å². The van der Waals surface area contributed by atoms with Crippen LogP contribution in [-0.4, -0.2) is 31.0 Å². The van der Waals surface area contributed by atoms with Crippen LogP contribution in [0.2, 0.25) is 0 Å². The quantitative estimate of drug-likeness (QED) is 0.613. The maximum absolute atomic E-state index is 12.3. The summed E-state index contributed by atoms with van der Waals surface area (Å²) in [6.07, 6.45) is 4.08. The molecule has 0 unspecified atom stereocenters. The highest BCUT2D eigenvalue weighted by Crippen LogP contribution is 2.24. The van der Waals surface area contributed by atoms with Gasteiger partial charge < -0.3 is 5.32 Å². The number of carbonyl (C=O) groups excluding carboxylic acids is 1. The van der Waals surface area contributed by atoms with E-state index in [-0.39, 0.29) is 17.5 Å². The Morgan fingerprint density at radius 3 is 2.64 bits per heavy atom. The second-order valence-corrected chi connectivity index (χ2v) is 8.85. The lowest BCUT2D eigenvalue weighted by molar-refractivity contribution is -0.385. The van der Waals surface area contributed by atoms with E-state index >= 15 is 0 Å². The van der Waals surface area contributed by atoms with Crippen LogP contribution in [0.5, 0.6) is 0 Å². The highest BCUT2D eigenvalue weighted by atomic mass is 32.2. The number of benzene rings is 1. The van der Waals surface area contributed by atoms with E-state index in [4.69, 9.17) is 0 Å². The van der Waals surface area contributed by atoms with Gasteiger partial charge in [-0.2, -0.15) is 0 Å². The lowest BCUT2D eigenvalue weighted by Gasteiger charge is -2.29. The molecular weight excluding hydrogens is 344 g/mol. The molecule has 1 N–H and O–H groups in total. The number of sulfone groups is 1. The second kappa shape index (κ2) is 7.95. The Bertz CT molecular complexity index is 760. The number of nitrogens with one attached hydrogen (secondary N) is 1. The average Bonchev–Trinajstić information content (AvgIpc) is 2.50. The van der Waals surface area contributed by atoms with Gasteiger partial charge in [-0.25, -0.2) is 8.42 Å². The minimum atomic E-state index is -3.70. The van der Waals surface area contributed by atoms with Crippen molar-refractivity contribution in [3.8, 4) is 0 Å². The molecule has 0 heterocycles. The summed E-state index contributed by atoms with van der Waals surface area (Å²) in [7, 11) is -3.70. The van der Waals surface area contributed by atoms with Gasteiger partial charge in [-0.05, 0) is 31.2 Å². The van der Waals surface area contributed by atoms with Gasteiger partial charge in [-0.15, -0.1) is 0 Å². The van der Waals surface area contributed by atoms with Crippen LogP contribution in [0.1, 0.15) is 43.7 Å². The molecular formula is C17H24N2O5S. The van der Waals surface area contributed by atoms with Crippen LogP contribution in [-0.2, 0) is 20.4 Å². The number of carbonyl (C=O) groups is 1. The molecule has 0 radical (unpaired) electrons. The Labute approximate surface area is 147 Å². The van der Waals surface area contributed by atoms with Crippen molar-refractivity contribution in [2.24, 2.45) is 5.92 Å². The van der Waals surface area contributed by atoms with Gasteiger partial charge in [-0.1, -0.05) is 31.9 Å². The van der Waals surface area contributed by atoms with Crippen molar-refractivity contribution in [3.05, 3.63) is 39.4 Å². The molecule has 25 heavy (non-hydrogen) atoms. The zero-order valence-corrected chi connectivity index (χ0v) is 15.3. The third-order valence-electron chi connectivity index (χ3n) is 4.80. The number of hydrogen-bond acceptors (Lipinski definition) is 5. The van der Waals surface area contributed by atoms with Gasteiger partial charge in [0.25, 0.3) is 5.69 Å². The van der Waals surface area contributed by atoms with Crippen molar-refractivity contribution in [2.45, 2.75) is 51.3 Å². The number of rotatable bonds is 6. The van der Waals surface area contributed by atoms with E-state index in [9.17, 15) is 23.3 Å². The number of nitro groups is 1. The van der Waals surface area contributed by atoms with E-state index in [0.717, 1.165) is 25.7 Å². The van der Waals surface area contributed by atoms with Crippen LogP contribution in [0.4, 0.5) is 5.69 Å². The lowest BCUT2D eigenvalue weighted by Crippen LogP contribution is -2.43. The highest BCUT2D eigenvalue weighted by molar-refractivity contribution is 7.91. The summed E-state index contributed by atoms with van der Waals surface area (Å²) in [4.78, 5) is 22.5. The first-order chi connectivity index (χ1) is 11.7. The minimum Gasteiger partial charge on any atom is -0.352 e. The molecule has 0 saturated heterocycles. The Hall–Kier alpha value is -1.96. The standard InChI is InChI=1S/C17H24N2O5S/c1-12-6-3-4-8-15(12)18-17(20)11-25(23,24)10-14-7-5-9-16(13(14)2)19(21)22/h5,7,9,12,15H,3-4,6,8,10-11H2,1-2H3,(H,18,20)/t12-,15+/m1/s1. The molecule has 1 aromatic carbocycles. The van der Waals surface area contributed by atoms with Crippen LogP contribution in [0, 0.1) is 23.0 Å². The van der Waals surface area contributed by atoms with E-state index < -0.39 is 26.4 Å². The third-order valence-corrected chi connectivity index (χ3v) is 6.25. The Morgan fingerprint density at radius 2 is 2.00 bits per heavy atom. The van der Waals surface area contributed by atoms with E-state index in [1.54, 1.807) is 6.07 Å². The summed E-state index contributed by atoms with van der Waals surface area (Å²) in [5.41, 5.74) is 0.554. The van der Waals surface area contributed by atoms with E-state index in [0.29, 0.717) is 17.0 Å². The summed E-state index contributed by atoms with van der Waals surface area (Å²) < 4.78 is 24.7. The normalized spacial score (nSPS) is 20.9. The largest absolute Gasteiger partial charge is 0.352 e. The second-order valence-electron chi connectivity index (χ2n) is 6.79. The number of amides is 1. The monoisotopic (exact) mass is 368 g/mol. The van der Waals surface area contributed by atoms with Crippen molar-refractivity contribution < 1.29 is 18.1 Å². The predicted molar refractivity (Wildman–Crippen MR) is 94.9 cm³/mol. The Morgan fingerprint density at radius 1 is 1.32 bits per heavy atom. The first kappa shape index (κ1) is 19.4. The molecule has 8 heteroatoms. The third kappa shape index (κ3) is 5.26. The highest BCUT2D eigenvalue weighted by Gasteiger charge is 2.26. The maximum Gasteiger partial charge on any atom is 0.272 e. The molecule has 0 aromatic heterocycles. The fourth-order valence-electron chi connectivity index (χ4n) is 3.29. The van der Waals surface area contributed by atoms with Crippen LogP contribution >= 0.6 is 0 Å². The summed E-state index contributed by atoms with van der Waals surface area (Å²) in [6.45, 7) is 3.58. The molecule has 0 spiro atoms. The summed E-state index contributed by atoms with van der Waals surface area (Å²) in [6, 6.07) is 4.36. The van der Waals surface area contributed by atoms with E-state index in [2.05, 4.69) is 12.2 Å². The fourth-order valence-corrected chi connectivity index (χ4v) is 4.66. The van der Waals surface area contributed by atoms with Gasteiger partial charge >= 0.3 is 0 Å². The predicted octanol–water partition coefficient (Wildman–Crippen LogP) is 2.51. The van der Waals surface area contributed by atoms with Crippen LogP contribution in [0.25, 0.3) is 0 Å². The molecule has 1 aliphatic carbocycles. The van der Waals surface area contributed by atoms with Crippen molar-refractivity contribution in [1.82, 2.24) is 5.32 Å². The van der Waals surface area contributed by atoms with Crippen molar-refractivity contribution in [1.29, 1.82) is 0 Å². The number of nitro benzene ring substituents is 1. The zero-order valence-electron chi connectivity index (χ0n) is 14.5. The summed E-state index contributed by atoms with van der Waals surface area (Å²) in [5.74, 6) is -1.13. The van der Waals surface area contributed by atoms with Crippen LogP contribution in [0.3, 0.4) is 0 Å². The molecule has 1 fully saturated rings. The minimum absolute atomic E-state index is 0.0241. The molecule has 138 valence electrons. The molecule has 0 aliphatic heterocycles. The summed E-state index contributed by atoms with van der Waals surface area (Å²) in [5, 5.41) is 13.8. The average molecular weight is 368 g/mol. The Kier molecular flexibility index (Phi) is 6.16. The fraction of sp³-hybridized carbons (Fsp3) is 0.588. The van der Waals surface area contributed by atoms with Crippen LogP contribution < -0.4 is 5.32 Å². The Balaban J connectivity index is 2.03. The molecule has 0 bridgehead atoms. The van der Waals surface area contributed by atoms with Gasteiger partial charge in [0.15, 0.2) is 9.84 Å². The zero-order chi connectivity index (χ0) is 18.6. The molecule has 1 saturated carbocycles. The smallest absolute Gasteiger partial charge is 0.272 e. The van der Waals surface area contributed by atoms with Gasteiger partial charge in [0.1, 0.15) is 5.75 Å². The van der Waals surface area contributed by atoms with Crippen molar-refractivity contribution >= 4 is 21.4 Å². The molecule has 1 amide bonds. The van der Waals surface area contributed by atoms with Gasteiger partial charge in [0.2, 0.25) is 5.91 Å². The first-order valence-corrected chi connectivity index (χ1v) is 10.2. The van der Waals surface area contributed by atoms with E-state index in [1.807, 2.05) is 0 Å². The first-order valence-electron chi connectivity index (χ1n) is 8.42. The molecule has 1 aromatic rings. The van der Waals surface area contributed by atoms with E-state index in [1.165, 1.54) is 19.1 Å². The lowest BCUT2D eigenvalue weighted by atomic mass is 9.86. The topological polar surface area (TPSA) is 106 Å². The molecule has 1 aliphatic rings. The maximum atomic E-state index is 12.3. The van der Waals surface area contributed by atoms with Gasteiger partial charge in [-0.3, -0.25) is 14.9 Å². The van der Waals surface area contributed by atoms with Gasteiger partial charge in [0.05, 0.1) is 10.7 Å². The number of nitrogens with zero attached hydrogens (tertiary/aromatic N) is 1. The van der Waals surface area contributed by atoms with Gasteiger partial charge in [0, 0.05) is 17.7 Å². The molecule has 7 nitrogen and oxygen atoms in total.